The summed E-state index contributed by atoms with van der Waals surface area (Å²) >= 11 is 0. The van der Waals surface area contributed by atoms with E-state index in [9.17, 15) is 4.79 Å². The molecule has 0 spiro atoms. The number of benzene rings is 2. The Labute approximate surface area is 94.8 Å². The van der Waals surface area contributed by atoms with Gasteiger partial charge >= 0.3 is 5.97 Å². The van der Waals surface area contributed by atoms with Gasteiger partial charge < -0.3 is 4.74 Å². The highest BCUT2D eigenvalue weighted by Crippen LogP contribution is 2.15. The summed E-state index contributed by atoms with van der Waals surface area (Å²) in [5.41, 5.74) is 1.18. The van der Waals surface area contributed by atoms with E-state index in [0.29, 0.717) is 6.61 Å². The minimum Gasteiger partial charge on any atom is -0.466 e. The molecule has 81 valence electrons. The van der Waals surface area contributed by atoms with Crippen molar-refractivity contribution >= 4 is 16.7 Å². The quantitative estimate of drug-likeness (QED) is 0.733. The van der Waals surface area contributed by atoms with Gasteiger partial charge in [-0.05, 0) is 28.5 Å². The molecule has 0 saturated heterocycles. The molecule has 0 aromatic heterocycles. The van der Waals surface area contributed by atoms with E-state index in [4.69, 9.17) is 4.74 Å². The molecule has 0 amide bonds. The average Bonchev–Trinajstić information content (AvgIpc) is 2.28. The lowest BCUT2D eigenvalue weighted by Gasteiger charge is -2.04. The number of carbonyl (C=O) groups excluding carboxylic acids is 1. The minimum atomic E-state index is -0.226. The number of ether oxygens (including phenoxy) is 1. The Balaban J connectivity index is 2.10. The van der Waals surface area contributed by atoms with E-state index in [2.05, 4.69) is 24.3 Å². The number of esters is 1. The van der Waals surface area contributed by atoms with E-state index in [1.54, 1.807) is 0 Å². The van der Waals surface area contributed by atoms with E-state index in [0.717, 1.165) is 6.42 Å². The highest BCUT2D eigenvalue weighted by Gasteiger charge is 1.98. The van der Waals surface area contributed by atoms with Crippen LogP contribution in [0.15, 0.2) is 36.4 Å². The number of rotatable bonds is 3. The van der Waals surface area contributed by atoms with Gasteiger partial charge in [0, 0.05) is 13.3 Å². The van der Waals surface area contributed by atoms with Crippen molar-refractivity contribution in [1.82, 2.24) is 0 Å². The summed E-state index contributed by atoms with van der Waals surface area (Å²) < 4.78 is 4.91. The summed E-state index contributed by atoms with van der Waals surface area (Å²) in [6.45, 7) is 1.87. The molecule has 0 aliphatic rings. The summed E-state index contributed by atoms with van der Waals surface area (Å²) in [7, 11) is 0. The molecule has 0 unspecified atom stereocenters. The van der Waals surface area contributed by atoms with E-state index in [-0.39, 0.29) is 5.97 Å². The fraction of sp³-hybridized carbons (Fsp3) is 0.214. The van der Waals surface area contributed by atoms with Gasteiger partial charge in [0.1, 0.15) is 0 Å². The fourth-order valence-corrected chi connectivity index (χ4v) is 1.64. The van der Waals surface area contributed by atoms with Crippen molar-refractivity contribution in [2.24, 2.45) is 0 Å². The van der Waals surface area contributed by atoms with Crippen LogP contribution in [0.1, 0.15) is 12.5 Å². The molecular weight excluding hydrogens is 200 g/mol. The maximum Gasteiger partial charge on any atom is 0.302 e. The van der Waals surface area contributed by atoms with Crippen LogP contribution in [0.5, 0.6) is 0 Å². The van der Waals surface area contributed by atoms with Crippen LogP contribution in [0.25, 0.3) is 10.8 Å². The van der Waals surface area contributed by atoms with E-state index >= 15 is 0 Å². The monoisotopic (exact) mass is 213 g/mol. The van der Waals surface area contributed by atoms with Crippen LogP contribution in [0.2, 0.25) is 0 Å². The van der Waals surface area contributed by atoms with Crippen LogP contribution in [-0.2, 0) is 16.0 Å². The zero-order valence-electron chi connectivity index (χ0n) is 9.19. The smallest absolute Gasteiger partial charge is 0.302 e. The predicted octanol–water partition coefficient (Wildman–Crippen LogP) is 2.75. The van der Waals surface area contributed by atoms with Crippen molar-refractivity contribution in [2.45, 2.75) is 13.3 Å². The number of hydrogen-bond donors (Lipinski definition) is 0. The van der Waals surface area contributed by atoms with Crippen LogP contribution in [0.3, 0.4) is 0 Å². The van der Waals surface area contributed by atoms with Crippen LogP contribution < -0.4 is 0 Å². The van der Waals surface area contributed by atoms with Gasteiger partial charge in [-0.15, -0.1) is 0 Å². The largest absolute Gasteiger partial charge is 0.466 e. The first-order valence-corrected chi connectivity index (χ1v) is 5.28. The van der Waals surface area contributed by atoms with Crippen molar-refractivity contribution in [3.05, 3.63) is 48.0 Å². The Morgan fingerprint density at radius 3 is 3.00 bits per heavy atom. The van der Waals surface area contributed by atoms with Gasteiger partial charge in [0.05, 0.1) is 6.61 Å². The third kappa shape index (κ3) is 2.60. The van der Waals surface area contributed by atoms with Crippen molar-refractivity contribution in [3.8, 4) is 0 Å². The van der Waals surface area contributed by atoms with Gasteiger partial charge in [0.2, 0.25) is 0 Å². The van der Waals surface area contributed by atoms with Gasteiger partial charge in [-0.3, -0.25) is 4.79 Å². The van der Waals surface area contributed by atoms with Crippen LogP contribution in [0, 0.1) is 6.07 Å². The molecule has 2 nitrogen and oxygen atoms in total. The number of fused-ring (bicyclic) bond motifs is 1. The summed E-state index contributed by atoms with van der Waals surface area (Å²) in [6.07, 6.45) is 0.758. The molecule has 0 bridgehead atoms. The van der Waals surface area contributed by atoms with Crippen molar-refractivity contribution in [1.29, 1.82) is 0 Å². The highest BCUT2D eigenvalue weighted by atomic mass is 16.5. The molecule has 2 aromatic rings. The molecule has 1 radical (unpaired) electrons. The first-order chi connectivity index (χ1) is 7.75. The summed E-state index contributed by atoms with van der Waals surface area (Å²) in [5, 5.41) is 2.37. The van der Waals surface area contributed by atoms with Gasteiger partial charge in [-0.2, -0.15) is 0 Å². The van der Waals surface area contributed by atoms with Gasteiger partial charge in [0.25, 0.3) is 0 Å². The normalized spacial score (nSPS) is 10.3. The maximum atomic E-state index is 10.6. The lowest BCUT2D eigenvalue weighted by Crippen LogP contribution is -2.03. The second-order valence-corrected chi connectivity index (χ2v) is 3.70. The minimum absolute atomic E-state index is 0.226. The van der Waals surface area contributed by atoms with Crippen LogP contribution >= 0.6 is 0 Å². The van der Waals surface area contributed by atoms with Crippen molar-refractivity contribution < 1.29 is 9.53 Å². The third-order valence-electron chi connectivity index (χ3n) is 2.45. The fourth-order valence-electron chi connectivity index (χ4n) is 1.64. The SMILES string of the molecule is CC(=O)OCCc1ccc2c[c]ccc2c1. The van der Waals surface area contributed by atoms with Crippen LogP contribution in [0.4, 0.5) is 0 Å². The Bertz CT molecular complexity index is 503. The van der Waals surface area contributed by atoms with Gasteiger partial charge in [-0.25, -0.2) is 0 Å². The zero-order chi connectivity index (χ0) is 11.4. The molecule has 2 rings (SSSR count). The van der Waals surface area contributed by atoms with Crippen molar-refractivity contribution in [3.63, 3.8) is 0 Å². The molecule has 0 saturated carbocycles. The zero-order valence-corrected chi connectivity index (χ0v) is 9.19. The Morgan fingerprint density at radius 2 is 2.19 bits per heavy atom. The summed E-state index contributed by atoms with van der Waals surface area (Å²) in [6, 6.07) is 15.2. The van der Waals surface area contributed by atoms with Crippen LogP contribution in [-0.4, -0.2) is 12.6 Å². The van der Waals surface area contributed by atoms with E-state index in [1.165, 1.54) is 23.3 Å². The molecule has 2 aromatic carbocycles. The molecule has 0 aliphatic heterocycles. The summed E-state index contributed by atoms with van der Waals surface area (Å²) in [4.78, 5) is 10.6. The lowest BCUT2D eigenvalue weighted by molar-refractivity contribution is -0.140. The third-order valence-corrected chi connectivity index (χ3v) is 2.45. The molecule has 0 fully saturated rings. The van der Waals surface area contributed by atoms with E-state index < -0.39 is 0 Å². The molecule has 0 aliphatic carbocycles. The average molecular weight is 213 g/mol. The summed E-state index contributed by atoms with van der Waals surface area (Å²) in [5.74, 6) is -0.226. The predicted molar refractivity (Wildman–Crippen MR) is 63.1 cm³/mol. The molecule has 0 atom stereocenters. The molecule has 16 heavy (non-hydrogen) atoms. The Morgan fingerprint density at radius 1 is 1.31 bits per heavy atom. The second kappa shape index (κ2) is 4.79. The number of carbonyl (C=O) groups is 1. The van der Waals surface area contributed by atoms with Gasteiger partial charge in [0.15, 0.2) is 0 Å². The molecule has 0 N–H and O–H groups in total. The molecule has 0 heterocycles. The maximum absolute atomic E-state index is 10.6. The standard InChI is InChI=1S/C14H13O2/c1-11(15)16-9-8-12-6-7-13-4-2-3-5-14(13)10-12/h3-7,10H,8-9H2,1H3. The number of hydrogen-bond acceptors (Lipinski definition) is 2. The van der Waals surface area contributed by atoms with Gasteiger partial charge in [-0.1, -0.05) is 30.3 Å². The molecule has 2 heteroatoms. The second-order valence-electron chi connectivity index (χ2n) is 3.70. The Kier molecular flexibility index (Phi) is 3.20. The topological polar surface area (TPSA) is 26.3 Å². The van der Waals surface area contributed by atoms with Crippen molar-refractivity contribution in [2.75, 3.05) is 6.61 Å². The van der Waals surface area contributed by atoms with E-state index in [1.807, 2.05) is 18.2 Å². The first-order valence-electron chi connectivity index (χ1n) is 5.28. The first kappa shape index (κ1) is 10.7. The molecular formula is C14H13O2. The lowest BCUT2D eigenvalue weighted by atomic mass is 10.1. The Hall–Kier alpha value is -1.83. The highest BCUT2D eigenvalue weighted by molar-refractivity contribution is 5.82.